The molecule has 3 nitrogen and oxygen atoms in total. The van der Waals surface area contributed by atoms with Gasteiger partial charge in [0.25, 0.3) is 0 Å². The van der Waals surface area contributed by atoms with Crippen LogP contribution in [0.15, 0.2) is 30.3 Å². The molecular formula is C11H10O3. The van der Waals surface area contributed by atoms with Crippen LogP contribution in [-0.4, -0.2) is 24.8 Å². The predicted octanol–water partition coefficient (Wildman–Crippen LogP) is 0.939. The van der Waals surface area contributed by atoms with E-state index in [4.69, 9.17) is 4.74 Å². The lowest BCUT2D eigenvalue weighted by Gasteiger charge is -2.19. The summed E-state index contributed by atoms with van der Waals surface area (Å²) >= 11 is 0. The van der Waals surface area contributed by atoms with Crippen LogP contribution in [0, 0.1) is 0 Å². The van der Waals surface area contributed by atoms with E-state index in [1.165, 1.54) is 0 Å². The highest BCUT2D eigenvalue weighted by Crippen LogP contribution is 2.20. The minimum atomic E-state index is -0.607. The molecule has 14 heavy (non-hydrogen) atoms. The molecule has 1 aromatic rings. The normalized spacial score (nSPS) is 18.6. The van der Waals surface area contributed by atoms with Crippen LogP contribution in [0.5, 0.6) is 0 Å². The molecule has 1 aromatic carbocycles. The Morgan fingerprint density at radius 3 is 2.14 bits per heavy atom. The van der Waals surface area contributed by atoms with E-state index in [1.807, 2.05) is 18.2 Å². The van der Waals surface area contributed by atoms with E-state index in [9.17, 15) is 9.59 Å². The van der Waals surface area contributed by atoms with Gasteiger partial charge in [0.15, 0.2) is 11.6 Å². The molecule has 1 fully saturated rings. The van der Waals surface area contributed by atoms with Gasteiger partial charge in [-0.15, -0.1) is 0 Å². The summed E-state index contributed by atoms with van der Waals surface area (Å²) in [6.07, 6.45) is 0. The number of hydrogen-bond donors (Lipinski definition) is 0. The number of carbonyl (C=O) groups excluding carboxylic acids is 2. The summed E-state index contributed by atoms with van der Waals surface area (Å²) in [5.41, 5.74) is 0.769. The molecule has 0 saturated carbocycles. The van der Waals surface area contributed by atoms with Crippen LogP contribution in [-0.2, 0) is 14.3 Å². The third kappa shape index (κ3) is 1.59. The fourth-order valence-corrected chi connectivity index (χ4v) is 1.62. The van der Waals surface area contributed by atoms with Crippen molar-refractivity contribution in [1.29, 1.82) is 0 Å². The second kappa shape index (κ2) is 3.72. The first-order valence-electron chi connectivity index (χ1n) is 4.47. The van der Waals surface area contributed by atoms with Crippen molar-refractivity contribution in [3.05, 3.63) is 35.9 Å². The van der Waals surface area contributed by atoms with E-state index < -0.39 is 5.92 Å². The highest BCUT2D eigenvalue weighted by Gasteiger charge is 2.31. The second-order valence-electron chi connectivity index (χ2n) is 3.27. The van der Waals surface area contributed by atoms with Gasteiger partial charge in [-0.3, -0.25) is 9.59 Å². The van der Waals surface area contributed by atoms with E-state index in [1.54, 1.807) is 12.1 Å². The highest BCUT2D eigenvalue weighted by atomic mass is 16.5. The Balaban J connectivity index is 2.32. The molecule has 0 unspecified atom stereocenters. The summed E-state index contributed by atoms with van der Waals surface area (Å²) in [7, 11) is 0. The fraction of sp³-hybridized carbons (Fsp3) is 0.273. The quantitative estimate of drug-likeness (QED) is 0.619. The molecule has 1 saturated heterocycles. The maximum absolute atomic E-state index is 11.5. The molecule has 0 aromatic heterocycles. The largest absolute Gasteiger partial charge is 0.366 e. The Kier molecular flexibility index (Phi) is 2.41. The lowest BCUT2D eigenvalue weighted by molar-refractivity contribution is -0.141. The number of carbonyl (C=O) groups is 2. The van der Waals surface area contributed by atoms with Gasteiger partial charge in [0.05, 0.1) is 0 Å². The molecule has 0 bridgehead atoms. The van der Waals surface area contributed by atoms with E-state index in [2.05, 4.69) is 0 Å². The van der Waals surface area contributed by atoms with Crippen molar-refractivity contribution in [2.45, 2.75) is 5.92 Å². The van der Waals surface area contributed by atoms with Crippen LogP contribution in [0.25, 0.3) is 0 Å². The standard InChI is InChI=1S/C11H10O3/c12-9-6-14-7-10(13)11(9)8-4-2-1-3-5-8/h1-5,11H,6-7H2. The minimum Gasteiger partial charge on any atom is -0.366 e. The molecule has 3 heteroatoms. The molecule has 72 valence electrons. The molecule has 0 atom stereocenters. The average molecular weight is 190 g/mol. The molecule has 0 N–H and O–H groups in total. The number of hydrogen-bond acceptors (Lipinski definition) is 3. The van der Waals surface area contributed by atoms with Crippen LogP contribution in [0.3, 0.4) is 0 Å². The Hall–Kier alpha value is -1.48. The van der Waals surface area contributed by atoms with Crippen molar-refractivity contribution in [3.8, 4) is 0 Å². The molecule has 1 aliphatic heterocycles. The fourth-order valence-electron chi connectivity index (χ4n) is 1.62. The second-order valence-corrected chi connectivity index (χ2v) is 3.27. The van der Waals surface area contributed by atoms with Gasteiger partial charge >= 0.3 is 0 Å². The number of rotatable bonds is 1. The monoisotopic (exact) mass is 190 g/mol. The number of ether oxygens (including phenoxy) is 1. The van der Waals surface area contributed by atoms with Crippen molar-refractivity contribution in [3.63, 3.8) is 0 Å². The van der Waals surface area contributed by atoms with Crippen LogP contribution >= 0.6 is 0 Å². The van der Waals surface area contributed by atoms with E-state index in [0.717, 1.165) is 5.56 Å². The predicted molar refractivity (Wildman–Crippen MR) is 50.0 cm³/mol. The van der Waals surface area contributed by atoms with Gasteiger partial charge in [0, 0.05) is 0 Å². The minimum absolute atomic E-state index is 0.0469. The van der Waals surface area contributed by atoms with Crippen LogP contribution in [0.1, 0.15) is 11.5 Å². The first kappa shape index (κ1) is 9.09. The highest BCUT2D eigenvalue weighted by molar-refractivity contribution is 6.10. The maximum atomic E-state index is 11.5. The van der Waals surface area contributed by atoms with Gasteiger partial charge in [0.1, 0.15) is 19.1 Å². The average Bonchev–Trinajstić information content (AvgIpc) is 2.19. The Morgan fingerprint density at radius 1 is 1.00 bits per heavy atom. The molecule has 0 spiro atoms. The van der Waals surface area contributed by atoms with Gasteiger partial charge in [-0.1, -0.05) is 30.3 Å². The number of Topliss-reactive ketones (excluding diaryl/α,β-unsaturated/α-hetero) is 2. The maximum Gasteiger partial charge on any atom is 0.173 e. The van der Waals surface area contributed by atoms with Crippen molar-refractivity contribution in [1.82, 2.24) is 0 Å². The smallest absolute Gasteiger partial charge is 0.173 e. The Morgan fingerprint density at radius 2 is 1.57 bits per heavy atom. The molecule has 1 aliphatic rings. The molecule has 0 aliphatic carbocycles. The van der Waals surface area contributed by atoms with Crippen molar-refractivity contribution < 1.29 is 14.3 Å². The SMILES string of the molecule is O=C1COCC(=O)C1c1ccccc1. The lowest BCUT2D eigenvalue weighted by Crippen LogP contribution is -2.34. The van der Waals surface area contributed by atoms with Crippen molar-refractivity contribution >= 4 is 11.6 Å². The van der Waals surface area contributed by atoms with E-state index in [-0.39, 0.29) is 24.8 Å². The van der Waals surface area contributed by atoms with Crippen LogP contribution in [0.4, 0.5) is 0 Å². The summed E-state index contributed by atoms with van der Waals surface area (Å²) in [4.78, 5) is 22.9. The Labute approximate surface area is 81.7 Å². The lowest BCUT2D eigenvalue weighted by atomic mass is 9.90. The zero-order valence-corrected chi connectivity index (χ0v) is 7.60. The molecule has 0 radical (unpaired) electrons. The first-order chi connectivity index (χ1) is 6.79. The zero-order chi connectivity index (χ0) is 9.97. The third-order valence-electron chi connectivity index (χ3n) is 2.27. The summed E-state index contributed by atoms with van der Waals surface area (Å²) in [6.45, 7) is 0.0939. The van der Waals surface area contributed by atoms with Gasteiger partial charge in [-0.2, -0.15) is 0 Å². The first-order valence-corrected chi connectivity index (χ1v) is 4.47. The Bertz CT molecular complexity index is 340. The van der Waals surface area contributed by atoms with Gasteiger partial charge < -0.3 is 4.74 Å². The topological polar surface area (TPSA) is 43.4 Å². The van der Waals surface area contributed by atoms with Crippen molar-refractivity contribution in [2.75, 3.05) is 13.2 Å². The van der Waals surface area contributed by atoms with Crippen LogP contribution in [0.2, 0.25) is 0 Å². The van der Waals surface area contributed by atoms with E-state index >= 15 is 0 Å². The van der Waals surface area contributed by atoms with Crippen LogP contribution < -0.4 is 0 Å². The number of benzene rings is 1. The molecule has 1 heterocycles. The summed E-state index contributed by atoms with van der Waals surface area (Å²) in [5.74, 6) is -0.898. The van der Waals surface area contributed by atoms with E-state index in [0.29, 0.717) is 0 Å². The number of ketones is 2. The molecule has 2 rings (SSSR count). The molecule has 0 amide bonds. The molecular weight excluding hydrogens is 180 g/mol. The zero-order valence-electron chi connectivity index (χ0n) is 7.60. The summed E-state index contributed by atoms with van der Waals surface area (Å²) in [6, 6.07) is 9.10. The summed E-state index contributed by atoms with van der Waals surface area (Å²) < 4.78 is 4.85. The van der Waals surface area contributed by atoms with Crippen molar-refractivity contribution in [2.24, 2.45) is 0 Å². The third-order valence-corrected chi connectivity index (χ3v) is 2.27. The van der Waals surface area contributed by atoms with Gasteiger partial charge in [0.2, 0.25) is 0 Å². The van der Waals surface area contributed by atoms with Gasteiger partial charge in [-0.05, 0) is 5.56 Å². The van der Waals surface area contributed by atoms with Gasteiger partial charge in [-0.25, -0.2) is 0 Å². The summed E-state index contributed by atoms with van der Waals surface area (Å²) in [5, 5.41) is 0.